The fraction of sp³-hybridized carbons (Fsp3) is 0.333. The van der Waals surface area contributed by atoms with E-state index in [0.29, 0.717) is 17.1 Å². The number of aliphatic hydroxyl groups is 4. The monoisotopic (exact) mass is 402 g/mol. The molecule has 29 heavy (non-hydrogen) atoms. The van der Waals surface area contributed by atoms with Crippen molar-refractivity contribution in [1.82, 2.24) is 0 Å². The molecular formula is C21H22O8. The lowest BCUT2D eigenvalue weighted by Gasteiger charge is -2.39. The van der Waals surface area contributed by atoms with Crippen LogP contribution in [0.25, 0.3) is 5.76 Å². The highest BCUT2D eigenvalue weighted by Crippen LogP contribution is 2.38. The Morgan fingerprint density at radius 1 is 0.828 bits per heavy atom. The van der Waals surface area contributed by atoms with E-state index in [2.05, 4.69) is 0 Å². The molecule has 0 bridgehead atoms. The van der Waals surface area contributed by atoms with Gasteiger partial charge in [0, 0.05) is 11.1 Å². The van der Waals surface area contributed by atoms with Crippen molar-refractivity contribution in [2.45, 2.75) is 36.8 Å². The zero-order valence-corrected chi connectivity index (χ0v) is 15.4. The summed E-state index contributed by atoms with van der Waals surface area (Å²) in [6.45, 7) is -0.553. The molecule has 0 aromatic heterocycles. The van der Waals surface area contributed by atoms with E-state index in [1.807, 2.05) is 48.5 Å². The number of hydrogen-bond acceptors (Lipinski definition) is 8. The van der Waals surface area contributed by atoms with Crippen LogP contribution in [0.3, 0.4) is 0 Å². The summed E-state index contributed by atoms with van der Waals surface area (Å²) < 4.78 is 11.3. The summed E-state index contributed by atoms with van der Waals surface area (Å²) >= 11 is 0. The molecule has 6 unspecified atom stereocenters. The molecule has 8 nitrogen and oxygen atoms in total. The molecule has 1 fully saturated rings. The predicted octanol–water partition coefficient (Wildman–Crippen LogP) is 0.909. The van der Waals surface area contributed by atoms with Crippen molar-refractivity contribution in [3.63, 3.8) is 0 Å². The van der Waals surface area contributed by atoms with Crippen molar-refractivity contribution in [2.75, 3.05) is 6.61 Å². The maximum atomic E-state index is 10.1. The molecule has 6 atom stereocenters. The van der Waals surface area contributed by atoms with Gasteiger partial charge in [-0.15, -0.1) is 0 Å². The zero-order chi connectivity index (χ0) is 20.4. The van der Waals surface area contributed by atoms with E-state index in [-0.39, 0.29) is 0 Å². The molecule has 0 aliphatic carbocycles. The Kier molecular flexibility index (Phi) is 5.93. The predicted molar refractivity (Wildman–Crippen MR) is 100 cm³/mol. The third kappa shape index (κ3) is 4.05. The highest BCUT2D eigenvalue weighted by atomic mass is 17.2. The third-order valence-electron chi connectivity index (χ3n) is 4.91. The molecule has 2 aliphatic heterocycles. The standard InChI is InChI=1S/C21H22O8/c22-11-17-18(23)19(24)20(25)21(27-17)29-28-16-10-15(12-6-2-1-3-7-12)26-14-9-5-4-8-13(14)16/h1-10,16-25H,11H2. The van der Waals surface area contributed by atoms with Crippen LogP contribution in [-0.2, 0) is 14.5 Å². The summed E-state index contributed by atoms with van der Waals surface area (Å²) in [5.41, 5.74) is 1.56. The summed E-state index contributed by atoms with van der Waals surface area (Å²) in [4.78, 5) is 10.8. The van der Waals surface area contributed by atoms with E-state index < -0.39 is 43.4 Å². The number of ether oxygens (including phenoxy) is 2. The van der Waals surface area contributed by atoms with Crippen LogP contribution >= 0.6 is 0 Å². The van der Waals surface area contributed by atoms with Crippen molar-refractivity contribution in [2.24, 2.45) is 0 Å². The van der Waals surface area contributed by atoms with Gasteiger partial charge < -0.3 is 29.9 Å². The van der Waals surface area contributed by atoms with Crippen LogP contribution in [0.15, 0.2) is 60.7 Å². The largest absolute Gasteiger partial charge is 0.457 e. The van der Waals surface area contributed by atoms with E-state index in [1.165, 1.54) is 0 Å². The second-order valence-electron chi connectivity index (χ2n) is 6.85. The molecule has 1 saturated heterocycles. The molecular weight excluding hydrogens is 380 g/mol. The van der Waals surface area contributed by atoms with Crippen molar-refractivity contribution < 1.29 is 39.7 Å². The van der Waals surface area contributed by atoms with E-state index in [1.54, 1.807) is 12.1 Å². The van der Waals surface area contributed by atoms with Gasteiger partial charge in [0.1, 0.15) is 42.0 Å². The Hall–Kier alpha value is -2.30. The summed E-state index contributed by atoms with van der Waals surface area (Å²) in [5.74, 6) is 1.17. The molecule has 2 aromatic rings. The SMILES string of the molecule is OCC1OC(OOC2C=C(c3ccccc3)Oc3ccccc32)C(O)C(O)C1O. The molecule has 8 heteroatoms. The fourth-order valence-electron chi connectivity index (χ4n) is 3.29. The summed E-state index contributed by atoms with van der Waals surface area (Å²) in [7, 11) is 0. The van der Waals surface area contributed by atoms with E-state index in [4.69, 9.17) is 19.2 Å². The van der Waals surface area contributed by atoms with Gasteiger partial charge in [-0.1, -0.05) is 48.5 Å². The Morgan fingerprint density at radius 3 is 2.31 bits per heavy atom. The number of fused-ring (bicyclic) bond motifs is 1. The minimum absolute atomic E-state index is 0.553. The summed E-state index contributed by atoms with van der Waals surface area (Å²) in [6, 6.07) is 16.8. The molecule has 154 valence electrons. The van der Waals surface area contributed by atoms with Crippen LogP contribution in [0.2, 0.25) is 0 Å². The van der Waals surface area contributed by atoms with Crippen LogP contribution in [0.4, 0.5) is 0 Å². The van der Waals surface area contributed by atoms with Gasteiger partial charge in [0.2, 0.25) is 6.29 Å². The first-order valence-electron chi connectivity index (χ1n) is 9.25. The normalized spacial score (nSPS) is 31.5. The molecule has 0 saturated carbocycles. The van der Waals surface area contributed by atoms with Crippen molar-refractivity contribution in [3.8, 4) is 5.75 Å². The van der Waals surface area contributed by atoms with Gasteiger partial charge in [-0.3, -0.25) is 0 Å². The lowest BCUT2D eigenvalue weighted by molar-refractivity contribution is -0.436. The van der Waals surface area contributed by atoms with Gasteiger partial charge in [0.15, 0.2) is 0 Å². The van der Waals surface area contributed by atoms with Gasteiger partial charge >= 0.3 is 0 Å². The van der Waals surface area contributed by atoms with Crippen molar-refractivity contribution in [3.05, 3.63) is 71.8 Å². The Bertz CT molecular complexity index is 853. The molecule has 4 N–H and O–H groups in total. The third-order valence-corrected chi connectivity index (χ3v) is 4.91. The summed E-state index contributed by atoms with van der Waals surface area (Å²) in [6.07, 6.45) is -6.01. The average molecular weight is 402 g/mol. The number of hydrogen-bond donors (Lipinski definition) is 4. The zero-order valence-electron chi connectivity index (χ0n) is 15.4. The van der Waals surface area contributed by atoms with Gasteiger partial charge in [0.25, 0.3) is 0 Å². The van der Waals surface area contributed by atoms with Gasteiger partial charge in [-0.05, 0) is 12.1 Å². The highest BCUT2D eigenvalue weighted by molar-refractivity contribution is 5.66. The first kappa shape index (κ1) is 20.0. The average Bonchev–Trinajstić information content (AvgIpc) is 2.77. The van der Waals surface area contributed by atoms with Gasteiger partial charge in [-0.2, -0.15) is 0 Å². The van der Waals surface area contributed by atoms with Crippen LogP contribution in [0.5, 0.6) is 5.75 Å². The molecule has 2 aromatic carbocycles. The molecule has 0 radical (unpaired) electrons. The van der Waals surface area contributed by atoms with Crippen LogP contribution < -0.4 is 4.74 Å². The minimum Gasteiger partial charge on any atom is -0.457 e. The lowest BCUT2D eigenvalue weighted by atomic mass is 9.99. The lowest BCUT2D eigenvalue weighted by Crippen LogP contribution is -2.59. The molecule has 2 aliphatic rings. The molecule has 0 amide bonds. The summed E-state index contributed by atoms with van der Waals surface area (Å²) in [5, 5.41) is 39.2. The Balaban J connectivity index is 1.54. The second kappa shape index (κ2) is 8.60. The first-order valence-corrected chi connectivity index (χ1v) is 9.25. The highest BCUT2D eigenvalue weighted by Gasteiger charge is 2.45. The van der Waals surface area contributed by atoms with E-state index in [9.17, 15) is 20.4 Å². The van der Waals surface area contributed by atoms with E-state index in [0.717, 1.165) is 5.56 Å². The number of aliphatic hydroxyl groups excluding tert-OH is 4. The quantitative estimate of drug-likeness (QED) is 0.431. The molecule has 2 heterocycles. The number of benzene rings is 2. The van der Waals surface area contributed by atoms with Crippen LogP contribution in [0.1, 0.15) is 17.2 Å². The molecule has 4 rings (SSSR count). The maximum absolute atomic E-state index is 10.1. The smallest absolute Gasteiger partial charge is 0.220 e. The second-order valence-corrected chi connectivity index (χ2v) is 6.85. The fourth-order valence-corrected chi connectivity index (χ4v) is 3.29. The van der Waals surface area contributed by atoms with Gasteiger partial charge in [0.05, 0.1) is 6.61 Å². The number of para-hydroxylation sites is 1. The van der Waals surface area contributed by atoms with Crippen LogP contribution in [0, 0.1) is 0 Å². The number of rotatable bonds is 5. The molecule has 0 spiro atoms. The minimum atomic E-state index is -1.56. The van der Waals surface area contributed by atoms with Gasteiger partial charge in [-0.25, -0.2) is 9.78 Å². The van der Waals surface area contributed by atoms with Crippen molar-refractivity contribution in [1.29, 1.82) is 0 Å². The Morgan fingerprint density at radius 2 is 1.55 bits per heavy atom. The first-order chi connectivity index (χ1) is 14.1. The van der Waals surface area contributed by atoms with Crippen molar-refractivity contribution >= 4 is 5.76 Å². The topological polar surface area (TPSA) is 118 Å². The Labute approximate surface area is 167 Å². The van der Waals surface area contributed by atoms with E-state index >= 15 is 0 Å². The van der Waals surface area contributed by atoms with Crippen LogP contribution in [-0.4, -0.2) is 57.7 Å². The maximum Gasteiger partial charge on any atom is 0.220 e.